The van der Waals surface area contributed by atoms with Crippen molar-refractivity contribution < 1.29 is 4.79 Å². The van der Waals surface area contributed by atoms with Gasteiger partial charge in [-0.05, 0) is 42.9 Å². The van der Waals surface area contributed by atoms with E-state index >= 15 is 0 Å². The highest BCUT2D eigenvalue weighted by molar-refractivity contribution is 8.00. The van der Waals surface area contributed by atoms with Crippen LogP contribution in [-0.2, 0) is 10.2 Å². The molecule has 0 radical (unpaired) electrons. The van der Waals surface area contributed by atoms with Crippen LogP contribution in [0.3, 0.4) is 0 Å². The van der Waals surface area contributed by atoms with Crippen LogP contribution >= 0.6 is 11.8 Å². The molecule has 3 nitrogen and oxygen atoms in total. The van der Waals surface area contributed by atoms with E-state index in [-0.39, 0.29) is 22.5 Å². The van der Waals surface area contributed by atoms with Gasteiger partial charge < -0.3 is 5.32 Å². The first-order valence-corrected chi connectivity index (χ1v) is 8.88. The number of nitriles is 1. The van der Waals surface area contributed by atoms with Crippen LogP contribution in [0.5, 0.6) is 0 Å². The quantitative estimate of drug-likeness (QED) is 0.807. The zero-order valence-corrected chi connectivity index (χ0v) is 16.0. The van der Waals surface area contributed by atoms with Crippen LogP contribution in [0, 0.1) is 17.2 Å². The summed E-state index contributed by atoms with van der Waals surface area (Å²) >= 11 is 1.51. The highest BCUT2D eigenvalue weighted by Crippen LogP contribution is 2.28. The molecule has 0 aliphatic rings. The van der Waals surface area contributed by atoms with Gasteiger partial charge in [0.25, 0.3) is 0 Å². The predicted molar refractivity (Wildman–Crippen MR) is 97.5 cm³/mol. The molecule has 23 heavy (non-hydrogen) atoms. The smallest absolute Gasteiger partial charge is 0.234 e. The SMILES string of the molecule is CC(C)[C@](C)(C#N)NC(=O)[C@@H](C)Sc1ccc(C(C)(C)C)cc1. The molecule has 0 unspecified atom stereocenters. The molecule has 0 fully saturated rings. The molecule has 0 spiro atoms. The third kappa shape index (κ3) is 5.28. The summed E-state index contributed by atoms with van der Waals surface area (Å²) in [6.45, 7) is 14.1. The Balaban J connectivity index is 2.74. The summed E-state index contributed by atoms with van der Waals surface area (Å²) in [5, 5.41) is 11.9. The summed E-state index contributed by atoms with van der Waals surface area (Å²) < 4.78 is 0. The minimum Gasteiger partial charge on any atom is -0.337 e. The molecule has 0 aliphatic carbocycles. The first kappa shape index (κ1) is 19.6. The van der Waals surface area contributed by atoms with Crippen LogP contribution in [-0.4, -0.2) is 16.7 Å². The highest BCUT2D eigenvalue weighted by atomic mass is 32.2. The second kappa shape index (κ2) is 7.40. The minimum atomic E-state index is -0.831. The van der Waals surface area contributed by atoms with Gasteiger partial charge in [0.1, 0.15) is 5.54 Å². The van der Waals surface area contributed by atoms with Gasteiger partial charge in [-0.15, -0.1) is 11.8 Å². The Morgan fingerprint density at radius 3 is 2.04 bits per heavy atom. The number of carbonyl (C=O) groups is 1. The molecule has 0 heterocycles. The van der Waals surface area contributed by atoms with Crippen molar-refractivity contribution in [2.75, 3.05) is 0 Å². The Bertz CT molecular complexity index is 581. The summed E-state index contributed by atoms with van der Waals surface area (Å²) in [7, 11) is 0. The maximum Gasteiger partial charge on any atom is 0.234 e. The second-order valence-corrected chi connectivity index (χ2v) is 8.91. The molecule has 1 amide bonds. The van der Waals surface area contributed by atoms with Gasteiger partial charge in [0.05, 0.1) is 11.3 Å². The summed E-state index contributed by atoms with van der Waals surface area (Å²) in [5.74, 6) is -0.0487. The van der Waals surface area contributed by atoms with Crippen molar-refractivity contribution in [3.05, 3.63) is 29.8 Å². The molecule has 126 valence electrons. The molecule has 0 aromatic heterocycles. The number of carbonyl (C=O) groups excluding carboxylic acids is 1. The molecule has 2 atom stereocenters. The molecule has 1 N–H and O–H groups in total. The van der Waals surface area contributed by atoms with E-state index in [0.717, 1.165) is 4.90 Å². The fourth-order valence-electron chi connectivity index (χ4n) is 1.95. The van der Waals surface area contributed by atoms with E-state index in [4.69, 9.17) is 0 Å². The zero-order chi connectivity index (χ0) is 17.8. The average molecular weight is 333 g/mol. The highest BCUT2D eigenvalue weighted by Gasteiger charge is 2.31. The van der Waals surface area contributed by atoms with E-state index in [1.165, 1.54) is 17.3 Å². The van der Waals surface area contributed by atoms with Gasteiger partial charge in [-0.3, -0.25) is 4.79 Å². The number of hydrogen-bond acceptors (Lipinski definition) is 3. The Morgan fingerprint density at radius 1 is 1.13 bits per heavy atom. The Kier molecular flexibility index (Phi) is 6.30. The molecular weight excluding hydrogens is 304 g/mol. The maximum absolute atomic E-state index is 12.4. The average Bonchev–Trinajstić information content (AvgIpc) is 2.46. The van der Waals surface area contributed by atoms with Gasteiger partial charge in [0.15, 0.2) is 0 Å². The first-order valence-electron chi connectivity index (χ1n) is 8.00. The summed E-state index contributed by atoms with van der Waals surface area (Å²) in [5.41, 5.74) is 0.566. The van der Waals surface area contributed by atoms with Gasteiger partial charge >= 0.3 is 0 Å². The van der Waals surface area contributed by atoms with Gasteiger partial charge in [0, 0.05) is 4.90 Å². The molecule has 4 heteroatoms. The minimum absolute atomic E-state index is 0.0553. The van der Waals surface area contributed by atoms with Gasteiger partial charge in [-0.1, -0.05) is 46.8 Å². The van der Waals surface area contributed by atoms with Gasteiger partial charge in [-0.2, -0.15) is 5.26 Å². The van der Waals surface area contributed by atoms with Crippen LogP contribution in [0.15, 0.2) is 29.2 Å². The lowest BCUT2D eigenvalue weighted by molar-refractivity contribution is -0.121. The Labute approximate surface area is 144 Å². The number of nitrogens with one attached hydrogen (secondary N) is 1. The fourth-order valence-corrected chi connectivity index (χ4v) is 2.82. The largest absolute Gasteiger partial charge is 0.337 e. The van der Waals surface area contributed by atoms with E-state index in [2.05, 4.69) is 56.4 Å². The van der Waals surface area contributed by atoms with Gasteiger partial charge in [-0.25, -0.2) is 0 Å². The number of nitrogens with zero attached hydrogens (tertiary/aromatic N) is 1. The lowest BCUT2D eigenvalue weighted by Crippen LogP contribution is -2.51. The molecule has 0 bridgehead atoms. The normalized spacial score (nSPS) is 15.6. The van der Waals surface area contributed by atoms with Crippen molar-refractivity contribution >= 4 is 17.7 Å². The summed E-state index contributed by atoms with van der Waals surface area (Å²) in [6.07, 6.45) is 0. The van der Waals surface area contributed by atoms with Crippen LogP contribution in [0.1, 0.15) is 54.0 Å². The lowest BCUT2D eigenvalue weighted by atomic mass is 9.87. The number of hydrogen-bond donors (Lipinski definition) is 1. The zero-order valence-electron chi connectivity index (χ0n) is 15.2. The number of rotatable bonds is 5. The fraction of sp³-hybridized carbons (Fsp3) is 0.579. The number of benzene rings is 1. The molecule has 0 aliphatic heterocycles. The van der Waals surface area contributed by atoms with Gasteiger partial charge in [0.2, 0.25) is 5.91 Å². The van der Waals surface area contributed by atoms with E-state index in [1.54, 1.807) is 6.92 Å². The molecular formula is C19H28N2OS. The third-order valence-corrected chi connectivity index (χ3v) is 5.28. The van der Waals surface area contributed by atoms with Crippen molar-refractivity contribution in [3.8, 4) is 6.07 Å². The molecule has 0 saturated carbocycles. The monoisotopic (exact) mass is 332 g/mol. The predicted octanol–water partition coefficient (Wildman–Crippen LogP) is 4.52. The standard InChI is InChI=1S/C19H28N2OS/c1-13(2)19(7,12-20)21-17(22)14(3)23-16-10-8-15(9-11-16)18(4,5)6/h8-11,13-14H,1-7H3,(H,21,22)/t14-,19+/m1/s1. The first-order chi connectivity index (χ1) is 10.5. The maximum atomic E-state index is 12.4. The summed E-state index contributed by atoms with van der Waals surface area (Å²) in [6, 6.07) is 10.5. The van der Waals surface area contributed by atoms with Crippen LogP contribution in [0.4, 0.5) is 0 Å². The van der Waals surface area contributed by atoms with Crippen molar-refractivity contribution in [1.82, 2.24) is 5.32 Å². The van der Waals surface area contributed by atoms with E-state index in [1.807, 2.05) is 20.8 Å². The molecule has 1 rings (SSSR count). The van der Waals surface area contributed by atoms with E-state index < -0.39 is 5.54 Å². The topological polar surface area (TPSA) is 52.9 Å². The second-order valence-electron chi connectivity index (χ2n) is 7.49. The van der Waals surface area contributed by atoms with E-state index in [0.29, 0.717) is 0 Å². The number of amides is 1. The van der Waals surface area contributed by atoms with Crippen molar-refractivity contribution in [1.29, 1.82) is 5.26 Å². The van der Waals surface area contributed by atoms with Crippen LogP contribution < -0.4 is 5.32 Å². The Morgan fingerprint density at radius 2 is 1.65 bits per heavy atom. The van der Waals surface area contributed by atoms with Crippen molar-refractivity contribution in [2.45, 2.75) is 69.6 Å². The third-order valence-electron chi connectivity index (χ3n) is 4.17. The van der Waals surface area contributed by atoms with Crippen molar-refractivity contribution in [3.63, 3.8) is 0 Å². The molecule has 1 aromatic rings. The lowest BCUT2D eigenvalue weighted by Gasteiger charge is -2.28. The van der Waals surface area contributed by atoms with Crippen molar-refractivity contribution in [2.24, 2.45) is 5.92 Å². The van der Waals surface area contributed by atoms with E-state index in [9.17, 15) is 10.1 Å². The summed E-state index contributed by atoms with van der Waals surface area (Å²) in [4.78, 5) is 13.4. The molecule has 1 aromatic carbocycles. The van der Waals surface area contributed by atoms with Crippen LogP contribution in [0.25, 0.3) is 0 Å². The Hall–Kier alpha value is -1.47. The number of thioether (sulfide) groups is 1. The molecule has 0 saturated heterocycles. The van der Waals surface area contributed by atoms with Crippen LogP contribution in [0.2, 0.25) is 0 Å².